The molecule has 0 aromatic carbocycles. The van der Waals surface area contributed by atoms with Gasteiger partial charge in [0.15, 0.2) is 0 Å². The molecule has 0 unspecified atom stereocenters. The number of hydrogen-bond donors (Lipinski definition) is 1. The molecule has 0 saturated heterocycles. The van der Waals surface area contributed by atoms with Gasteiger partial charge in [-0.25, -0.2) is 4.98 Å². The number of anilines is 2. The number of nitro groups is 1. The van der Waals surface area contributed by atoms with Crippen molar-refractivity contribution < 1.29 is 4.92 Å². The molecule has 21 heavy (non-hydrogen) atoms. The maximum absolute atomic E-state index is 11.4. The normalized spacial score (nSPS) is 15.8. The van der Waals surface area contributed by atoms with Crippen LogP contribution in [0.5, 0.6) is 0 Å². The lowest BCUT2D eigenvalue weighted by Gasteiger charge is -2.31. The van der Waals surface area contributed by atoms with Gasteiger partial charge < -0.3 is 10.2 Å². The van der Waals surface area contributed by atoms with Crippen molar-refractivity contribution in [3.05, 3.63) is 15.8 Å². The fourth-order valence-electron chi connectivity index (χ4n) is 2.89. The molecule has 0 atom stereocenters. The lowest BCUT2D eigenvalue weighted by Crippen LogP contribution is -2.34. The first-order valence-corrected chi connectivity index (χ1v) is 7.54. The summed E-state index contributed by atoms with van der Waals surface area (Å²) >= 11 is 0. The maximum atomic E-state index is 11.4. The van der Waals surface area contributed by atoms with Gasteiger partial charge >= 0.3 is 5.69 Å². The van der Waals surface area contributed by atoms with Crippen molar-refractivity contribution in [1.29, 1.82) is 0 Å². The van der Waals surface area contributed by atoms with Crippen LogP contribution < -0.4 is 10.2 Å². The Morgan fingerprint density at radius 1 is 1.33 bits per heavy atom. The number of aromatic nitrogens is 2. The molecule has 0 amide bonds. The van der Waals surface area contributed by atoms with Crippen molar-refractivity contribution in [3.8, 4) is 0 Å². The van der Waals surface area contributed by atoms with E-state index in [-0.39, 0.29) is 10.6 Å². The van der Waals surface area contributed by atoms with E-state index >= 15 is 0 Å². The molecule has 1 aliphatic carbocycles. The van der Waals surface area contributed by atoms with Crippen molar-refractivity contribution in [3.63, 3.8) is 0 Å². The van der Waals surface area contributed by atoms with Gasteiger partial charge in [-0.3, -0.25) is 10.1 Å². The molecule has 1 saturated carbocycles. The van der Waals surface area contributed by atoms with Crippen LogP contribution in [0.1, 0.15) is 44.7 Å². The monoisotopic (exact) mass is 293 g/mol. The van der Waals surface area contributed by atoms with Crippen LogP contribution in [-0.4, -0.2) is 34.5 Å². The average molecular weight is 293 g/mol. The van der Waals surface area contributed by atoms with E-state index in [1.165, 1.54) is 19.3 Å². The molecule has 0 aliphatic heterocycles. The molecule has 1 aromatic rings. The summed E-state index contributed by atoms with van der Waals surface area (Å²) in [6.45, 7) is 4.30. The molecule has 7 nitrogen and oxygen atoms in total. The second-order valence-corrected chi connectivity index (χ2v) is 5.50. The minimum Gasteiger partial charge on any atom is -0.354 e. The summed E-state index contributed by atoms with van der Waals surface area (Å²) in [7, 11) is 1.90. The Balaban J connectivity index is 2.40. The van der Waals surface area contributed by atoms with Gasteiger partial charge in [0.1, 0.15) is 5.69 Å². The van der Waals surface area contributed by atoms with Crippen molar-refractivity contribution in [2.75, 3.05) is 23.8 Å². The standard InChI is InChI=1S/C14H23N5O2/c1-4-15-14-16-10(2)12(19(20)21)13(17-14)18(3)11-8-6-5-7-9-11/h11H,4-9H2,1-3H3,(H,15,16,17). The van der Waals surface area contributed by atoms with Crippen molar-refractivity contribution in [2.45, 2.75) is 52.0 Å². The average Bonchev–Trinajstić information content (AvgIpc) is 2.46. The first-order chi connectivity index (χ1) is 10.0. The maximum Gasteiger partial charge on any atom is 0.332 e. The van der Waals surface area contributed by atoms with Crippen LogP contribution in [0.3, 0.4) is 0 Å². The highest BCUT2D eigenvalue weighted by Crippen LogP contribution is 2.33. The minimum absolute atomic E-state index is 0.0183. The van der Waals surface area contributed by atoms with Crippen LogP contribution in [0, 0.1) is 17.0 Å². The Hall–Kier alpha value is -1.92. The largest absolute Gasteiger partial charge is 0.354 e. The highest BCUT2D eigenvalue weighted by molar-refractivity contribution is 5.62. The summed E-state index contributed by atoms with van der Waals surface area (Å²) in [5, 5.41) is 14.4. The highest BCUT2D eigenvalue weighted by Gasteiger charge is 2.29. The molecular formula is C14H23N5O2. The van der Waals surface area contributed by atoms with Gasteiger partial charge in [-0.1, -0.05) is 19.3 Å². The Morgan fingerprint density at radius 2 is 2.00 bits per heavy atom. The molecule has 2 rings (SSSR count). The van der Waals surface area contributed by atoms with Gasteiger partial charge in [0.05, 0.1) is 4.92 Å². The number of nitrogens with one attached hydrogen (secondary N) is 1. The fourth-order valence-corrected chi connectivity index (χ4v) is 2.89. The zero-order valence-electron chi connectivity index (χ0n) is 12.9. The Morgan fingerprint density at radius 3 is 2.57 bits per heavy atom. The van der Waals surface area contributed by atoms with Crippen molar-refractivity contribution in [2.24, 2.45) is 0 Å². The summed E-state index contributed by atoms with van der Waals surface area (Å²) < 4.78 is 0. The first-order valence-electron chi connectivity index (χ1n) is 7.54. The molecule has 1 fully saturated rings. The fraction of sp³-hybridized carbons (Fsp3) is 0.714. The Labute approximate surface area is 124 Å². The lowest BCUT2D eigenvalue weighted by molar-refractivity contribution is -0.385. The predicted octanol–water partition coefficient (Wildman–Crippen LogP) is 2.89. The zero-order valence-corrected chi connectivity index (χ0v) is 12.9. The number of aryl methyl sites for hydroxylation is 1. The quantitative estimate of drug-likeness (QED) is 0.663. The molecule has 0 spiro atoms. The number of rotatable bonds is 5. The zero-order chi connectivity index (χ0) is 15.4. The van der Waals surface area contributed by atoms with Gasteiger partial charge in [0.2, 0.25) is 11.8 Å². The van der Waals surface area contributed by atoms with E-state index in [1.807, 2.05) is 18.9 Å². The van der Waals surface area contributed by atoms with E-state index in [1.54, 1.807) is 6.92 Å². The van der Waals surface area contributed by atoms with E-state index in [0.717, 1.165) is 12.8 Å². The van der Waals surface area contributed by atoms with E-state index in [0.29, 0.717) is 30.0 Å². The third kappa shape index (κ3) is 3.40. The second-order valence-electron chi connectivity index (χ2n) is 5.50. The number of nitrogens with zero attached hydrogens (tertiary/aromatic N) is 4. The van der Waals surface area contributed by atoms with Crippen LogP contribution in [0.15, 0.2) is 0 Å². The van der Waals surface area contributed by atoms with Gasteiger partial charge in [-0.05, 0) is 26.7 Å². The number of hydrogen-bond acceptors (Lipinski definition) is 6. The Kier molecular flexibility index (Phi) is 4.93. The van der Waals surface area contributed by atoms with Gasteiger partial charge in [-0.2, -0.15) is 4.98 Å². The van der Waals surface area contributed by atoms with E-state index in [9.17, 15) is 10.1 Å². The summed E-state index contributed by atoms with van der Waals surface area (Å²) in [6.07, 6.45) is 5.72. The summed E-state index contributed by atoms with van der Waals surface area (Å²) in [5.74, 6) is 0.883. The Bertz CT molecular complexity index is 514. The van der Waals surface area contributed by atoms with Crippen LogP contribution in [0.25, 0.3) is 0 Å². The topological polar surface area (TPSA) is 84.2 Å². The van der Waals surface area contributed by atoms with Crippen LogP contribution in [0.2, 0.25) is 0 Å². The summed E-state index contributed by atoms with van der Waals surface area (Å²) in [5.41, 5.74) is 0.424. The molecule has 0 bridgehead atoms. The van der Waals surface area contributed by atoms with E-state index in [2.05, 4.69) is 15.3 Å². The lowest BCUT2D eigenvalue weighted by atomic mass is 9.94. The van der Waals surface area contributed by atoms with Crippen LogP contribution >= 0.6 is 0 Å². The smallest absolute Gasteiger partial charge is 0.332 e. The summed E-state index contributed by atoms with van der Waals surface area (Å²) in [4.78, 5) is 21.5. The molecule has 7 heteroatoms. The van der Waals surface area contributed by atoms with Gasteiger partial charge in [0, 0.05) is 19.6 Å². The SMILES string of the molecule is CCNc1nc(C)c([N+](=O)[O-])c(N(C)C2CCCCC2)n1. The molecule has 1 aromatic heterocycles. The first kappa shape index (κ1) is 15.5. The van der Waals surface area contributed by atoms with Crippen molar-refractivity contribution >= 4 is 17.5 Å². The third-order valence-corrected chi connectivity index (χ3v) is 4.01. The second kappa shape index (κ2) is 6.69. The predicted molar refractivity (Wildman–Crippen MR) is 82.9 cm³/mol. The van der Waals surface area contributed by atoms with Crippen LogP contribution in [-0.2, 0) is 0 Å². The molecule has 1 aliphatic rings. The van der Waals surface area contributed by atoms with Crippen LogP contribution in [0.4, 0.5) is 17.5 Å². The highest BCUT2D eigenvalue weighted by atomic mass is 16.6. The van der Waals surface area contributed by atoms with Gasteiger partial charge in [-0.15, -0.1) is 0 Å². The molecule has 1 heterocycles. The van der Waals surface area contributed by atoms with Crippen molar-refractivity contribution in [1.82, 2.24) is 9.97 Å². The third-order valence-electron chi connectivity index (χ3n) is 4.01. The molecule has 0 radical (unpaired) electrons. The molecular weight excluding hydrogens is 270 g/mol. The molecule has 1 N–H and O–H groups in total. The minimum atomic E-state index is -0.375. The van der Waals surface area contributed by atoms with Gasteiger partial charge in [0.25, 0.3) is 0 Å². The molecule has 116 valence electrons. The van der Waals surface area contributed by atoms with E-state index < -0.39 is 0 Å². The summed E-state index contributed by atoms with van der Waals surface area (Å²) in [6, 6.07) is 0.321. The van der Waals surface area contributed by atoms with E-state index in [4.69, 9.17) is 0 Å².